The molecule has 0 amide bonds. The third-order valence-electron chi connectivity index (χ3n) is 3.94. The molecule has 0 aliphatic carbocycles. The van der Waals surface area contributed by atoms with Crippen molar-refractivity contribution < 1.29 is 8.42 Å². The van der Waals surface area contributed by atoms with E-state index >= 15 is 0 Å². The molecule has 0 bridgehead atoms. The highest BCUT2D eigenvalue weighted by atomic mass is 79.9. The number of nitrogens with zero attached hydrogens (tertiary/aromatic N) is 3. The Kier molecular flexibility index (Phi) is 7.52. The van der Waals surface area contributed by atoms with E-state index in [0.29, 0.717) is 21.3 Å². The molecule has 3 rings (SSSR count). The molecule has 0 radical (unpaired) electrons. The number of aromatic nitrogens is 1. The second kappa shape index (κ2) is 9.11. The number of thiazole rings is 1. The van der Waals surface area contributed by atoms with E-state index in [-0.39, 0.29) is 21.9 Å². The molecule has 1 aromatic heterocycles. The Hall–Kier alpha value is -1.16. The lowest BCUT2D eigenvalue weighted by Crippen LogP contribution is -2.22. The molecule has 0 N–H and O–H groups in total. The molecule has 1 heterocycles. The topological polar surface area (TPSA) is 54.7 Å². The van der Waals surface area contributed by atoms with Crippen LogP contribution in [0.1, 0.15) is 0 Å². The lowest BCUT2D eigenvalue weighted by molar-refractivity contribution is 0.521. The van der Waals surface area contributed by atoms with Crippen molar-refractivity contribution in [1.29, 1.82) is 0 Å². The summed E-state index contributed by atoms with van der Waals surface area (Å²) in [5.74, 6) is 0. The number of para-hydroxylation sites is 1. The molecular formula is C18H18BrCl2N3O2S2. The minimum Gasteiger partial charge on any atom is -0.320 e. The van der Waals surface area contributed by atoms with Gasteiger partial charge in [-0.2, -0.15) is 0 Å². The molecule has 3 aromatic rings. The highest BCUT2D eigenvalue weighted by Crippen LogP contribution is 2.29. The van der Waals surface area contributed by atoms with Gasteiger partial charge in [0.15, 0.2) is 4.80 Å². The van der Waals surface area contributed by atoms with E-state index < -0.39 is 10.0 Å². The minimum absolute atomic E-state index is 0. The number of hydrogen-bond acceptors (Lipinski definition) is 4. The first-order chi connectivity index (χ1) is 12.7. The summed E-state index contributed by atoms with van der Waals surface area (Å²) in [5, 5.41) is 2.83. The molecule has 2 aromatic carbocycles. The Morgan fingerprint density at radius 2 is 1.79 bits per heavy atom. The molecule has 0 saturated heterocycles. The molecule has 28 heavy (non-hydrogen) atoms. The van der Waals surface area contributed by atoms with Crippen molar-refractivity contribution in [1.82, 2.24) is 8.87 Å². The van der Waals surface area contributed by atoms with Crippen LogP contribution in [0, 0.1) is 0 Å². The largest absolute Gasteiger partial charge is 0.320 e. The maximum atomic E-state index is 12.5. The summed E-state index contributed by atoms with van der Waals surface area (Å²) in [6, 6.07) is 12.1. The fourth-order valence-corrected chi connectivity index (χ4v) is 4.82. The maximum Gasteiger partial charge on any atom is 0.242 e. The van der Waals surface area contributed by atoms with Crippen molar-refractivity contribution in [2.24, 2.45) is 12.0 Å². The van der Waals surface area contributed by atoms with Gasteiger partial charge in [0.25, 0.3) is 0 Å². The van der Waals surface area contributed by atoms with E-state index in [4.69, 9.17) is 23.2 Å². The van der Waals surface area contributed by atoms with Crippen LogP contribution < -0.4 is 4.80 Å². The zero-order valence-electron chi connectivity index (χ0n) is 15.3. The summed E-state index contributed by atoms with van der Waals surface area (Å²) in [6.07, 6.45) is 0. The fourth-order valence-electron chi connectivity index (χ4n) is 2.45. The average molecular weight is 523 g/mol. The summed E-state index contributed by atoms with van der Waals surface area (Å²) in [7, 11) is 1.25. The first-order valence-corrected chi connectivity index (χ1v) is 10.9. The van der Waals surface area contributed by atoms with E-state index in [1.165, 1.54) is 31.5 Å². The Labute approximate surface area is 188 Å². The SMILES string of the molecule is Br.CN(C)S(=O)(=O)c1cc(Cl)cc(-c2csc(=Nc3ccccc3Cl)n2C)c1. The molecule has 10 heteroatoms. The second-order valence-electron chi connectivity index (χ2n) is 5.99. The lowest BCUT2D eigenvalue weighted by Gasteiger charge is -2.13. The van der Waals surface area contributed by atoms with Gasteiger partial charge in [-0.15, -0.1) is 28.3 Å². The second-order valence-corrected chi connectivity index (χ2v) is 9.82. The van der Waals surface area contributed by atoms with Gasteiger partial charge in [-0.05, 0) is 30.3 Å². The van der Waals surface area contributed by atoms with Gasteiger partial charge in [0.2, 0.25) is 10.0 Å². The van der Waals surface area contributed by atoms with E-state index in [2.05, 4.69) is 4.99 Å². The summed E-state index contributed by atoms with van der Waals surface area (Å²) in [6.45, 7) is 0. The predicted octanol–water partition coefficient (Wildman–Crippen LogP) is 5.12. The number of sulfonamides is 1. The van der Waals surface area contributed by atoms with Crippen molar-refractivity contribution in [3.05, 3.63) is 62.7 Å². The van der Waals surface area contributed by atoms with Crippen LogP contribution in [0.4, 0.5) is 5.69 Å². The highest BCUT2D eigenvalue weighted by molar-refractivity contribution is 8.93. The zero-order chi connectivity index (χ0) is 19.8. The lowest BCUT2D eigenvalue weighted by atomic mass is 10.2. The minimum atomic E-state index is -3.59. The van der Waals surface area contributed by atoms with Crippen LogP contribution >= 0.6 is 51.5 Å². The van der Waals surface area contributed by atoms with Crippen LogP contribution in [0.2, 0.25) is 10.0 Å². The van der Waals surface area contributed by atoms with Gasteiger partial charge in [-0.25, -0.2) is 17.7 Å². The molecule has 5 nitrogen and oxygen atoms in total. The van der Waals surface area contributed by atoms with Crippen LogP contribution in [0.5, 0.6) is 0 Å². The van der Waals surface area contributed by atoms with Crippen LogP contribution in [0.15, 0.2) is 57.7 Å². The van der Waals surface area contributed by atoms with Gasteiger partial charge in [0.1, 0.15) is 0 Å². The first kappa shape index (κ1) is 23.1. The molecule has 0 atom stereocenters. The molecule has 0 spiro atoms. The zero-order valence-corrected chi connectivity index (χ0v) is 20.1. The van der Waals surface area contributed by atoms with E-state index in [9.17, 15) is 8.42 Å². The first-order valence-electron chi connectivity index (χ1n) is 7.87. The molecule has 0 fully saturated rings. The Morgan fingerprint density at radius 1 is 1.11 bits per heavy atom. The summed E-state index contributed by atoms with van der Waals surface area (Å²) in [5.41, 5.74) is 2.18. The fraction of sp³-hybridized carbons (Fsp3) is 0.167. The van der Waals surface area contributed by atoms with E-state index in [0.717, 1.165) is 14.8 Å². The normalized spacial score (nSPS) is 12.3. The van der Waals surface area contributed by atoms with Crippen LogP contribution in [-0.4, -0.2) is 31.4 Å². The standard InChI is InChI=1S/C18H17Cl2N3O2S2.BrH/c1-22(2)27(24,25)14-9-12(8-13(19)10-14)17-11-26-18(23(17)3)21-16-7-5-4-6-15(16)20;/h4-11H,1-3H3;1H. The molecule has 150 valence electrons. The van der Waals surface area contributed by atoms with Gasteiger partial charge in [-0.1, -0.05) is 35.3 Å². The third-order valence-corrected chi connectivity index (χ3v) is 7.19. The molecule has 0 saturated carbocycles. The summed E-state index contributed by atoms with van der Waals surface area (Å²) in [4.78, 5) is 5.47. The monoisotopic (exact) mass is 521 g/mol. The van der Waals surface area contributed by atoms with Gasteiger partial charge in [0, 0.05) is 37.1 Å². The number of benzene rings is 2. The van der Waals surface area contributed by atoms with E-state index in [1.54, 1.807) is 18.2 Å². The van der Waals surface area contributed by atoms with Crippen LogP contribution in [0.25, 0.3) is 11.3 Å². The van der Waals surface area contributed by atoms with Crippen molar-refractivity contribution in [2.75, 3.05) is 14.1 Å². The number of hydrogen-bond donors (Lipinski definition) is 0. The average Bonchev–Trinajstić information content (AvgIpc) is 2.97. The van der Waals surface area contributed by atoms with Crippen molar-refractivity contribution in [2.45, 2.75) is 4.90 Å². The van der Waals surface area contributed by atoms with Crippen molar-refractivity contribution >= 4 is 67.2 Å². The molecule has 0 aliphatic heterocycles. The Morgan fingerprint density at radius 3 is 2.43 bits per heavy atom. The van der Waals surface area contributed by atoms with Crippen LogP contribution in [-0.2, 0) is 17.1 Å². The quantitative estimate of drug-likeness (QED) is 0.477. The smallest absolute Gasteiger partial charge is 0.242 e. The number of rotatable bonds is 4. The van der Waals surface area contributed by atoms with Crippen molar-refractivity contribution in [3.63, 3.8) is 0 Å². The van der Waals surface area contributed by atoms with Gasteiger partial charge < -0.3 is 4.57 Å². The maximum absolute atomic E-state index is 12.5. The Bertz CT molecular complexity index is 1170. The molecule has 0 aliphatic rings. The van der Waals surface area contributed by atoms with Crippen molar-refractivity contribution in [3.8, 4) is 11.3 Å². The summed E-state index contributed by atoms with van der Waals surface area (Å²) >= 11 is 13.8. The van der Waals surface area contributed by atoms with Crippen LogP contribution in [0.3, 0.4) is 0 Å². The van der Waals surface area contributed by atoms with Gasteiger partial charge >= 0.3 is 0 Å². The van der Waals surface area contributed by atoms with E-state index in [1.807, 2.05) is 35.2 Å². The molecular weight excluding hydrogens is 505 g/mol. The molecule has 0 unspecified atom stereocenters. The predicted molar refractivity (Wildman–Crippen MR) is 122 cm³/mol. The van der Waals surface area contributed by atoms with Gasteiger partial charge in [0.05, 0.1) is 21.3 Å². The van der Waals surface area contributed by atoms with Gasteiger partial charge in [-0.3, -0.25) is 0 Å². The third kappa shape index (κ3) is 4.69. The number of halogens is 3. The Balaban J connectivity index is 0.00000280. The highest BCUT2D eigenvalue weighted by Gasteiger charge is 2.19. The summed E-state index contributed by atoms with van der Waals surface area (Å²) < 4.78 is 28.0.